The van der Waals surface area contributed by atoms with Crippen molar-refractivity contribution in [1.82, 2.24) is 9.97 Å². The summed E-state index contributed by atoms with van der Waals surface area (Å²) < 4.78 is 72.6. The number of halogens is 1. The SMILES string of the molecule is [2H]c1nc(N(C([2H])([2H])[2H])C([2H])([2H])[2H])c(Br)c(C([2H])([2H])[2H])n1. The predicted molar refractivity (Wildman–Crippen MR) is 48.8 cm³/mol. The molecule has 0 fully saturated rings. The van der Waals surface area contributed by atoms with Gasteiger partial charge in [0.2, 0.25) is 0 Å². The molecule has 1 aromatic heterocycles. The van der Waals surface area contributed by atoms with Crippen LogP contribution in [0.3, 0.4) is 0 Å². The summed E-state index contributed by atoms with van der Waals surface area (Å²) in [6.07, 6.45) is -0.794. The van der Waals surface area contributed by atoms with Gasteiger partial charge in [0.25, 0.3) is 0 Å². The average Bonchev–Trinajstić information content (AvgIpc) is 2.16. The Kier molecular flexibility index (Phi) is 0.631. The summed E-state index contributed by atoms with van der Waals surface area (Å²) in [5, 5.41) is 0. The molecule has 1 rings (SSSR count). The maximum atomic E-state index is 7.37. The highest BCUT2D eigenvalue weighted by atomic mass is 79.9. The van der Waals surface area contributed by atoms with Crippen LogP contribution in [0.2, 0.25) is 0 Å². The zero-order valence-corrected chi connectivity index (χ0v) is 6.81. The molecule has 60 valence electrons. The Morgan fingerprint density at radius 3 is 3.09 bits per heavy atom. The summed E-state index contributed by atoms with van der Waals surface area (Å²) in [7, 11) is 0. The van der Waals surface area contributed by atoms with E-state index in [9.17, 15) is 0 Å². The van der Waals surface area contributed by atoms with Gasteiger partial charge in [-0.3, -0.25) is 0 Å². The first-order chi connectivity index (χ1) is 9.15. The molecule has 0 atom stereocenters. The minimum atomic E-state index is -3.11. The van der Waals surface area contributed by atoms with Crippen LogP contribution >= 0.6 is 15.9 Å². The second-order valence-corrected chi connectivity index (χ2v) is 2.44. The van der Waals surface area contributed by atoms with Crippen molar-refractivity contribution in [2.75, 3.05) is 18.9 Å². The van der Waals surface area contributed by atoms with E-state index < -0.39 is 43.1 Å². The molecule has 0 spiro atoms. The first kappa shape index (κ1) is 2.19. The standard InChI is InChI=1S/C7H10BrN3/c1-5-6(8)7(11(2)3)10-4-9-5/h4H,1-3H3/i1D3,2D3,3D3,4D. The summed E-state index contributed by atoms with van der Waals surface area (Å²) in [5.41, 5.74) is -0.629. The number of rotatable bonds is 1. The molecule has 0 aliphatic carbocycles. The molecule has 0 aliphatic heterocycles. The van der Waals surface area contributed by atoms with Gasteiger partial charge in [-0.1, -0.05) is 0 Å². The second-order valence-electron chi connectivity index (χ2n) is 1.65. The smallest absolute Gasteiger partial charge is 0.146 e. The zero-order valence-electron chi connectivity index (χ0n) is 15.2. The third-order valence-electron chi connectivity index (χ3n) is 0.934. The molecule has 4 heteroatoms. The summed E-state index contributed by atoms with van der Waals surface area (Å²) in [6.45, 7) is -8.98. The first-order valence-corrected chi connectivity index (χ1v) is 3.30. The van der Waals surface area contributed by atoms with Crippen molar-refractivity contribution in [3.8, 4) is 0 Å². The number of anilines is 1. The van der Waals surface area contributed by atoms with Crippen LogP contribution in [0.15, 0.2) is 10.8 Å². The molecule has 0 saturated carbocycles. The molecule has 0 unspecified atom stereocenters. The van der Waals surface area contributed by atoms with Crippen molar-refractivity contribution >= 4 is 21.7 Å². The highest BCUT2D eigenvalue weighted by molar-refractivity contribution is 9.10. The maximum absolute atomic E-state index is 7.37. The molecule has 0 bridgehead atoms. The lowest BCUT2D eigenvalue weighted by Gasteiger charge is -2.12. The van der Waals surface area contributed by atoms with Crippen LogP contribution in [-0.2, 0) is 0 Å². The Hall–Kier alpha value is -0.640. The topological polar surface area (TPSA) is 29.0 Å². The lowest BCUT2D eigenvalue weighted by molar-refractivity contribution is 1.00. The zero-order chi connectivity index (χ0) is 16.8. The van der Waals surface area contributed by atoms with Crippen molar-refractivity contribution in [2.24, 2.45) is 0 Å². The van der Waals surface area contributed by atoms with Gasteiger partial charge < -0.3 is 4.90 Å². The first-order valence-electron chi connectivity index (χ1n) is 7.50. The van der Waals surface area contributed by atoms with Gasteiger partial charge in [0.05, 0.1) is 10.2 Å². The molecule has 3 nitrogen and oxygen atoms in total. The molecular formula is C7H10BrN3. The number of aryl methyl sites for hydroxylation is 1. The fourth-order valence-electron chi connectivity index (χ4n) is 0.475. The van der Waals surface area contributed by atoms with Gasteiger partial charge in [-0.05, 0) is 22.8 Å². The van der Waals surface area contributed by atoms with Crippen molar-refractivity contribution in [2.45, 2.75) is 6.85 Å². The van der Waals surface area contributed by atoms with Gasteiger partial charge in [-0.25, -0.2) is 9.97 Å². The molecule has 0 saturated heterocycles. The van der Waals surface area contributed by atoms with Gasteiger partial charge in [-0.15, -0.1) is 0 Å². The van der Waals surface area contributed by atoms with E-state index >= 15 is 0 Å². The fourth-order valence-corrected chi connectivity index (χ4v) is 0.829. The summed E-state index contributed by atoms with van der Waals surface area (Å²) in [6, 6.07) is 0. The Morgan fingerprint density at radius 2 is 2.45 bits per heavy atom. The number of hydrogen-bond acceptors (Lipinski definition) is 3. The third-order valence-corrected chi connectivity index (χ3v) is 1.66. The van der Waals surface area contributed by atoms with Crippen LogP contribution in [-0.4, -0.2) is 23.9 Å². The van der Waals surface area contributed by atoms with E-state index in [4.69, 9.17) is 13.7 Å². The van der Waals surface area contributed by atoms with Crippen molar-refractivity contribution in [3.05, 3.63) is 16.5 Å². The van der Waals surface area contributed by atoms with Crippen LogP contribution in [0, 0.1) is 6.85 Å². The van der Waals surface area contributed by atoms with E-state index in [1.165, 1.54) is 0 Å². The van der Waals surface area contributed by atoms with E-state index in [0.29, 0.717) is 0 Å². The predicted octanol–water partition coefficient (Wildman–Crippen LogP) is 1.61. The van der Waals surface area contributed by atoms with Crippen LogP contribution in [0.5, 0.6) is 0 Å². The molecule has 0 radical (unpaired) electrons. The molecule has 11 heavy (non-hydrogen) atoms. The van der Waals surface area contributed by atoms with Crippen molar-refractivity contribution < 1.29 is 13.7 Å². The normalized spacial score (nSPS) is 26.6. The highest BCUT2D eigenvalue weighted by Gasteiger charge is 2.05. The Bertz CT molecular complexity index is 519. The number of hydrogen-bond donors (Lipinski definition) is 0. The Labute approximate surface area is 88.6 Å². The fraction of sp³-hybridized carbons (Fsp3) is 0.429. The van der Waals surface area contributed by atoms with Gasteiger partial charge >= 0.3 is 0 Å². The van der Waals surface area contributed by atoms with Gasteiger partial charge in [-0.2, -0.15) is 0 Å². The summed E-state index contributed by atoms with van der Waals surface area (Å²) in [5.74, 6) is -0.693. The summed E-state index contributed by atoms with van der Waals surface area (Å²) >= 11 is 2.83. The largest absolute Gasteiger partial charge is 0.362 e. The van der Waals surface area contributed by atoms with E-state index in [2.05, 4.69) is 25.9 Å². The van der Waals surface area contributed by atoms with E-state index in [0.717, 1.165) is 0 Å². The number of nitrogens with zero attached hydrogens (tertiary/aromatic N) is 3. The lowest BCUT2D eigenvalue weighted by atomic mass is 10.4. The van der Waals surface area contributed by atoms with E-state index in [1.807, 2.05) is 0 Å². The quantitative estimate of drug-likeness (QED) is 0.728. The van der Waals surface area contributed by atoms with Crippen LogP contribution in [0.1, 0.15) is 19.4 Å². The molecular weight excluding hydrogens is 206 g/mol. The van der Waals surface area contributed by atoms with Gasteiger partial charge in [0.1, 0.15) is 13.5 Å². The third kappa shape index (κ3) is 1.68. The minimum Gasteiger partial charge on any atom is -0.362 e. The van der Waals surface area contributed by atoms with Crippen molar-refractivity contribution in [3.63, 3.8) is 0 Å². The van der Waals surface area contributed by atoms with Gasteiger partial charge in [0.15, 0.2) is 0 Å². The highest BCUT2D eigenvalue weighted by Crippen LogP contribution is 2.23. The van der Waals surface area contributed by atoms with E-state index in [-0.39, 0.29) is 4.90 Å². The second kappa shape index (κ2) is 3.17. The van der Waals surface area contributed by atoms with Crippen LogP contribution in [0.25, 0.3) is 0 Å². The Balaban J connectivity index is 3.65. The molecule has 0 aliphatic rings. The number of aromatic nitrogens is 2. The minimum absolute atomic E-state index is 0.000949. The van der Waals surface area contributed by atoms with E-state index in [1.54, 1.807) is 0 Å². The lowest BCUT2D eigenvalue weighted by Crippen LogP contribution is -2.12. The summed E-state index contributed by atoms with van der Waals surface area (Å²) in [4.78, 5) is 6.85. The van der Waals surface area contributed by atoms with Crippen LogP contribution in [0.4, 0.5) is 5.82 Å². The molecule has 0 N–H and O–H groups in total. The van der Waals surface area contributed by atoms with Gasteiger partial charge in [0, 0.05) is 26.3 Å². The molecule has 0 aromatic carbocycles. The maximum Gasteiger partial charge on any atom is 0.146 e. The van der Waals surface area contributed by atoms with Crippen LogP contribution < -0.4 is 4.90 Å². The molecule has 1 heterocycles. The Morgan fingerprint density at radius 1 is 1.64 bits per heavy atom. The molecule has 1 aromatic rings. The molecule has 0 amide bonds. The van der Waals surface area contributed by atoms with Crippen molar-refractivity contribution in [1.29, 1.82) is 0 Å². The monoisotopic (exact) mass is 225 g/mol. The average molecular weight is 226 g/mol.